The molecule has 0 atom stereocenters. The van der Waals surface area contributed by atoms with E-state index >= 15 is 0 Å². The molecule has 2 rings (SSSR count). The predicted molar refractivity (Wildman–Crippen MR) is 115 cm³/mol. The van der Waals surface area contributed by atoms with Gasteiger partial charge >= 0.3 is 5.97 Å². The minimum Gasteiger partial charge on any atom is -0.465 e. The van der Waals surface area contributed by atoms with Gasteiger partial charge in [0.05, 0.1) is 12.7 Å². The Morgan fingerprint density at radius 2 is 1.52 bits per heavy atom. The first-order valence-electron chi connectivity index (χ1n) is 8.82. The molecule has 0 bridgehead atoms. The highest BCUT2D eigenvalue weighted by Crippen LogP contribution is 2.12. The topological polar surface area (TPSA) is 96.5 Å². The van der Waals surface area contributed by atoms with E-state index in [0.29, 0.717) is 11.3 Å². The number of ether oxygens (including phenoxy) is 1. The van der Waals surface area contributed by atoms with Gasteiger partial charge in [-0.3, -0.25) is 14.9 Å². The summed E-state index contributed by atoms with van der Waals surface area (Å²) in [6.07, 6.45) is 0. The van der Waals surface area contributed by atoms with Crippen LogP contribution in [0, 0.1) is 0 Å². The fraction of sp³-hybridized carbons (Fsp3) is 0.238. The molecule has 8 heteroatoms. The lowest BCUT2D eigenvalue weighted by atomic mass is 10.1. The summed E-state index contributed by atoms with van der Waals surface area (Å²) in [5.74, 6) is -1.17. The maximum absolute atomic E-state index is 12.3. The average molecular weight is 413 g/mol. The Morgan fingerprint density at radius 1 is 0.897 bits per heavy atom. The van der Waals surface area contributed by atoms with Crippen LogP contribution in [-0.4, -0.2) is 35.5 Å². The largest absolute Gasteiger partial charge is 0.465 e. The van der Waals surface area contributed by atoms with Gasteiger partial charge in [0.1, 0.15) is 0 Å². The van der Waals surface area contributed by atoms with E-state index in [4.69, 9.17) is 12.2 Å². The molecule has 0 heterocycles. The van der Waals surface area contributed by atoms with Crippen molar-refractivity contribution in [1.82, 2.24) is 10.6 Å². The van der Waals surface area contributed by atoms with E-state index in [2.05, 4.69) is 20.7 Å². The number of anilines is 1. The Labute approximate surface area is 174 Å². The highest BCUT2D eigenvalue weighted by atomic mass is 32.1. The van der Waals surface area contributed by atoms with Crippen molar-refractivity contribution in [3.63, 3.8) is 0 Å². The number of nitrogens with one attached hydrogen (secondary N) is 3. The molecule has 0 unspecified atom stereocenters. The third kappa shape index (κ3) is 6.69. The molecule has 0 aliphatic heterocycles. The van der Waals surface area contributed by atoms with Crippen molar-refractivity contribution >= 4 is 40.8 Å². The highest BCUT2D eigenvalue weighted by molar-refractivity contribution is 7.80. The van der Waals surface area contributed by atoms with Gasteiger partial charge in [-0.05, 0) is 75.5 Å². The van der Waals surface area contributed by atoms with Gasteiger partial charge in [0.2, 0.25) is 0 Å². The Morgan fingerprint density at radius 3 is 2.10 bits per heavy atom. The maximum Gasteiger partial charge on any atom is 0.337 e. The molecule has 152 valence electrons. The van der Waals surface area contributed by atoms with Gasteiger partial charge in [-0.1, -0.05) is 6.07 Å². The fourth-order valence-corrected chi connectivity index (χ4v) is 2.57. The van der Waals surface area contributed by atoms with Crippen LogP contribution in [0.4, 0.5) is 5.69 Å². The van der Waals surface area contributed by atoms with Gasteiger partial charge in [0.25, 0.3) is 11.8 Å². The van der Waals surface area contributed by atoms with Crippen LogP contribution >= 0.6 is 12.2 Å². The SMILES string of the molecule is COC(=O)c1cccc(C(=O)NC(=S)Nc2ccc(C(=O)NC(C)(C)C)cc2)c1. The molecule has 2 aromatic carbocycles. The van der Waals surface area contributed by atoms with E-state index in [1.54, 1.807) is 42.5 Å². The lowest BCUT2D eigenvalue weighted by Gasteiger charge is -2.20. The van der Waals surface area contributed by atoms with Gasteiger partial charge < -0.3 is 15.4 Å². The molecule has 0 aromatic heterocycles. The number of hydrogen-bond acceptors (Lipinski definition) is 5. The molecule has 0 aliphatic rings. The summed E-state index contributed by atoms with van der Waals surface area (Å²) in [5.41, 5.74) is 1.34. The lowest BCUT2D eigenvalue weighted by Crippen LogP contribution is -2.40. The van der Waals surface area contributed by atoms with Gasteiger partial charge in [-0.25, -0.2) is 4.79 Å². The second-order valence-electron chi connectivity index (χ2n) is 7.26. The zero-order valence-corrected chi connectivity index (χ0v) is 17.5. The number of carbonyl (C=O) groups excluding carboxylic acids is 3. The zero-order valence-electron chi connectivity index (χ0n) is 16.7. The summed E-state index contributed by atoms with van der Waals surface area (Å²) in [6, 6.07) is 12.8. The van der Waals surface area contributed by atoms with Gasteiger partial charge in [0.15, 0.2) is 5.11 Å². The summed E-state index contributed by atoms with van der Waals surface area (Å²) < 4.78 is 4.65. The number of methoxy groups -OCH3 is 1. The molecule has 0 spiro atoms. The maximum atomic E-state index is 12.3. The fourth-order valence-electron chi connectivity index (χ4n) is 2.36. The second kappa shape index (κ2) is 9.29. The zero-order chi connectivity index (χ0) is 21.6. The normalized spacial score (nSPS) is 10.6. The number of hydrogen-bond donors (Lipinski definition) is 3. The van der Waals surface area contributed by atoms with Crippen molar-refractivity contribution in [2.75, 3.05) is 12.4 Å². The molecule has 7 nitrogen and oxygen atoms in total. The van der Waals surface area contributed by atoms with E-state index in [-0.39, 0.29) is 27.7 Å². The van der Waals surface area contributed by atoms with Crippen LogP contribution in [0.15, 0.2) is 48.5 Å². The number of amides is 2. The quantitative estimate of drug-likeness (QED) is 0.526. The minimum atomic E-state index is -0.532. The Bertz CT molecular complexity index is 934. The van der Waals surface area contributed by atoms with E-state index in [9.17, 15) is 14.4 Å². The van der Waals surface area contributed by atoms with Crippen LogP contribution in [0.5, 0.6) is 0 Å². The molecule has 0 aliphatic carbocycles. The summed E-state index contributed by atoms with van der Waals surface area (Å²) in [7, 11) is 1.27. The molecule has 3 N–H and O–H groups in total. The summed E-state index contributed by atoms with van der Waals surface area (Å²) in [6.45, 7) is 5.72. The van der Waals surface area contributed by atoms with E-state index in [1.807, 2.05) is 20.8 Å². The standard InChI is InChI=1S/C21H23N3O4S/c1-21(2,3)24-18(26)13-8-10-16(11-9-13)22-20(29)23-17(25)14-6-5-7-15(12-14)19(27)28-4/h5-12H,1-4H3,(H,24,26)(H2,22,23,25,29). The van der Waals surface area contributed by atoms with Gasteiger partial charge in [-0.2, -0.15) is 0 Å². The van der Waals surface area contributed by atoms with E-state index in [1.165, 1.54) is 13.2 Å². The molecule has 0 radical (unpaired) electrons. The number of carbonyl (C=O) groups is 3. The number of benzene rings is 2. The van der Waals surface area contributed by atoms with Gasteiger partial charge in [-0.15, -0.1) is 0 Å². The van der Waals surface area contributed by atoms with Crippen LogP contribution in [0.3, 0.4) is 0 Å². The average Bonchev–Trinajstić information content (AvgIpc) is 2.66. The number of rotatable bonds is 4. The molecule has 2 aromatic rings. The smallest absolute Gasteiger partial charge is 0.337 e. The van der Waals surface area contributed by atoms with E-state index in [0.717, 1.165) is 0 Å². The minimum absolute atomic E-state index is 0.0883. The first-order chi connectivity index (χ1) is 13.6. The van der Waals surface area contributed by atoms with Crippen molar-refractivity contribution in [3.05, 3.63) is 65.2 Å². The van der Waals surface area contributed by atoms with Gasteiger partial charge in [0, 0.05) is 22.4 Å². The van der Waals surface area contributed by atoms with Crippen molar-refractivity contribution in [3.8, 4) is 0 Å². The monoisotopic (exact) mass is 413 g/mol. The van der Waals surface area contributed by atoms with Crippen molar-refractivity contribution < 1.29 is 19.1 Å². The molecule has 0 saturated carbocycles. The van der Waals surface area contributed by atoms with Crippen LogP contribution in [-0.2, 0) is 4.74 Å². The summed E-state index contributed by atoms with van der Waals surface area (Å²) in [4.78, 5) is 36.1. The predicted octanol–water partition coefficient (Wildman–Crippen LogP) is 3.13. The third-order valence-electron chi connectivity index (χ3n) is 3.67. The Hall–Kier alpha value is -3.26. The number of thiocarbonyl (C=S) groups is 1. The van der Waals surface area contributed by atoms with Crippen LogP contribution < -0.4 is 16.0 Å². The molecule has 2 amide bonds. The summed E-state index contributed by atoms with van der Waals surface area (Å²) in [5, 5.41) is 8.40. The van der Waals surface area contributed by atoms with Crippen LogP contribution in [0.2, 0.25) is 0 Å². The first kappa shape index (κ1) is 22.0. The first-order valence-corrected chi connectivity index (χ1v) is 9.23. The lowest BCUT2D eigenvalue weighted by molar-refractivity contribution is 0.0600. The summed E-state index contributed by atoms with van der Waals surface area (Å²) >= 11 is 5.16. The van der Waals surface area contributed by atoms with Crippen molar-refractivity contribution in [1.29, 1.82) is 0 Å². The third-order valence-corrected chi connectivity index (χ3v) is 3.87. The van der Waals surface area contributed by atoms with Crippen molar-refractivity contribution in [2.45, 2.75) is 26.3 Å². The van der Waals surface area contributed by atoms with Crippen molar-refractivity contribution in [2.24, 2.45) is 0 Å². The number of esters is 1. The Balaban J connectivity index is 1.98. The molecule has 0 saturated heterocycles. The van der Waals surface area contributed by atoms with E-state index < -0.39 is 11.9 Å². The highest BCUT2D eigenvalue weighted by Gasteiger charge is 2.15. The molecule has 29 heavy (non-hydrogen) atoms. The second-order valence-corrected chi connectivity index (χ2v) is 7.67. The van der Waals surface area contributed by atoms with Crippen LogP contribution in [0.1, 0.15) is 51.8 Å². The van der Waals surface area contributed by atoms with Crippen LogP contribution in [0.25, 0.3) is 0 Å². The molecule has 0 fully saturated rings. The molecular formula is C21H23N3O4S. The Kier molecular flexibility index (Phi) is 7.06. The molecular weight excluding hydrogens is 390 g/mol.